The van der Waals surface area contributed by atoms with Gasteiger partial charge in [0.2, 0.25) is 5.91 Å². The lowest BCUT2D eigenvalue weighted by atomic mass is 10.00. The summed E-state index contributed by atoms with van der Waals surface area (Å²) in [7, 11) is 0. The number of nitrogens with two attached hydrogens (primary N) is 1. The maximum absolute atomic E-state index is 11.8. The molecule has 1 amide bonds. The average molecular weight is 163 g/mol. The van der Waals surface area contributed by atoms with Crippen LogP contribution in [0.5, 0.6) is 0 Å². The molecule has 66 valence electrons. The minimum atomic E-state index is -0.964. The number of alkyl halides is 1. The van der Waals surface area contributed by atoms with Crippen LogP contribution in [-0.4, -0.2) is 23.8 Å². The first-order chi connectivity index (χ1) is 5.07. The molecular weight excluding hydrogens is 149 g/mol. The van der Waals surface area contributed by atoms with Crippen LogP contribution in [0.1, 0.15) is 19.8 Å². The first kappa shape index (κ1) is 10.4. The van der Waals surface area contributed by atoms with Crippen molar-refractivity contribution in [3.63, 3.8) is 0 Å². The number of amides is 1. The fourth-order valence-corrected chi connectivity index (χ4v) is 0.714. The highest BCUT2D eigenvalue weighted by molar-refractivity contribution is 5.73. The van der Waals surface area contributed by atoms with Gasteiger partial charge in [-0.25, -0.2) is 4.39 Å². The summed E-state index contributed by atoms with van der Waals surface area (Å²) in [6, 6.07) is 0. The van der Waals surface area contributed by atoms with E-state index in [1.54, 1.807) is 6.92 Å². The summed E-state index contributed by atoms with van der Waals surface area (Å²) in [5, 5.41) is 8.91. The topological polar surface area (TPSA) is 63.3 Å². The summed E-state index contributed by atoms with van der Waals surface area (Å²) in [6.45, 7) is 0.924. The maximum atomic E-state index is 11.8. The van der Waals surface area contributed by atoms with Gasteiger partial charge in [-0.05, 0) is 12.3 Å². The molecule has 0 aromatic rings. The first-order valence-corrected chi connectivity index (χ1v) is 3.60. The van der Waals surface area contributed by atoms with Crippen molar-refractivity contribution in [2.24, 2.45) is 11.7 Å². The standard InChI is InChI=1S/C7H14FNO2/c1-5(6(10)4-8)2-3-7(9)11/h5-6,10H,2-4H2,1H3,(H2,9,11). The van der Waals surface area contributed by atoms with E-state index < -0.39 is 18.7 Å². The monoisotopic (exact) mass is 163 g/mol. The fraction of sp³-hybridized carbons (Fsp3) is 0.857. The molecule has 0 rings (SSSR count). The zero-order chi connectivity index (χ0) is 8.85. The quantitative estimate of drug-likeness (QED) is 0.609. The van der Waals surface area contributed by atoms with Gasteiger partial charge in [0.15, 0.2) is 0 Å². The molecule has 0 saturated heterocycles. The van der Waals surface area contributed by atoms with E-state index >= 15 is 0 Å². The lowest BCUT2D eigenvalue weighted by molar-refractivity contribution is -0.118. The van der Waals surface area contributed by atoms with Crippen LogP contribution in [0.3, 0.4) is 0 Å². The zero-order valence-electron chi connectivity index (χ0n) is 6.59. The number of aliphatic hydroxyl groups excluding tert-OH is 1. The van der Waals surface area contributed by atoms with Gasteiger partial charge in [-0.1, -0.05) is 6.92 Å². The molecule has 0 heterocycles. The van der Waals surface area contributed by atoms with E-state index in [1.807, 2.05) is 0 Å². The number of rotatable bonds is 5. The SMILES string of the molecule is CC(CCC(N)=O)C(O)CF. The van der Waals surface area contributed by atoms with Crippen molar-refractivity contribution < 1.29 is 14.3 Å². The summed E-state index contributed by atoms with van der Waals surface area (Å²) in [4.78, 5) is 10.3. The van der Waals surface area contributed by atoms with Gasteiger partial charge < -0.3 is 10.8 Å². The molecule has 4 heteroatoms. The molecule has 3 N–H and O–H groups in total. The summed E-state index contributed by atoms with van der Waals surface area (Å²) in [5.74, 6) is -0.615. The van der Waals surface area contributed by atoms with Gasteiger partial charge in [0.05, 0.1) is 6.10 Å². The Morgan fingerprint density at radius 2 is 2.27 bits per heavy atom. The molecule has 0 aromatic heterocycles. The number of aliphatic hydroxyl groups is 1. The van der Waals surface area contributed by atoms with E-state index in [0.717, 1.165) is 0 Å². The third-order valence-corrected chi connectivity index (χ3v) is 1.66. The van der Waals surface area contributed by atoms with E-state index in [0.29, 0.717) is 6.42 Å². The Morgan fingerprint density at radius 1 is 1.73 bits per heavy atom. The third-order valence-electron chi connectivity index (χ3n) is 1.66. The lowest BCUT2D eigenvalue weighted by Gasteiger charge is -2.13. The molecule has 0 aliphatic heterocycles. The highest BCUT2D eigenvalue weighted by atomic mass is 19.1. The van der Waals surface area contributed by atoms with Crippen LogP contribution in [0.15, 0.2) is 0 Å². The van der Waals surface area contributed by atoms with E-state index in [-0.39, 0.29) is 12.3 Å². The van der Waals surface area contributed by atoms with E-state index in [1.165, 1.54) is 0 Å². The van der Waals surface area contributed by atoms with Gasteiger partial charge in [-0.2, -0.15) is 0 Å². The van der Waals surface area contributed by atoms with Gasteiger partial charge in [-0.15, -0.1) is 0 Å². The number of primary amides is 1. The molecule has 0 radical (unpaired) electrons. The number of halogens is 1. The van der Waals surface area contributed by atoms with Gasteiger partial charge in [0.1, 0.15) is 6.67 Å². The molecule has 11 heavy (non-hydrogen) atoms. The molecule has 0 saturated carbocycles. The molecule has 0 fully saturated rings. The molecule has 3 nitrogen and oxygen atoms in total. The second-order valence-electron chi connectivity index (χ2n) is 2.70. The van der Waals surface area contributed by atoms with Gasteiger partial charge in [0, 0.05) is 6.42 Å². The van der Waals surface area contributed by atoms with Crippen LogP contribution in [-0.2, 0) is 4.79 Å². The van der Waals surface area contributed by atoms with Crippen molar-refractivity contribution in [3.8, 4) is 0 Å². The number of hydrogen-bond acceptors (Lipinski definition) is 2. The molecule has 0 aliphatic carbocycles. The zero-order valence-corrected chi connectivity index (χ0v) is 6.59. The van der Waals surface area contributed by atoms with Crippen LogP contribution in [0, 0.1) is 5.92 Å². The Labute approximate surface area is 65.4 Å². The van der Waals surface area contributed by atoms with Crippen LogP contribution < -0.4 is 5.73 Å². The van der Waals surface area contributed by atoms with E-state index in [9.17, 15) is 9.18 Å². The minimum absolute atomic E-state index is 0.201. The molecule has 2 unspecified atom stereocenters. The van der Waals surface area contributed by atoms with Crippen molar-refractivity contribution in [2.45, 2.75) is 25.9 Å². The van der Waals surface area contributed by atoms with Crippen LogP contribution in [0.2, 0.25) is 0 Å². The highest BCUT2D eigenvalue weighted by Gasteiger charge is 2.13. The number of carbonyl (C=O) groups excluding carboxylic acids is 1. The minimum Gasteiger partial charge on any atom is -0.390 e. The van der Waals surface area contributed by atoms with Crippen LogP contribution >= 0.6 is 0 Å². The Kier molecular flexibility index (Phi) is 4.77. The Morgan fingerprint density at radius 3 is 2.64 bits per heavy atom. The fourth-order valence-electron chi connectivity index (χ4n) is 0.714. The van der Waals surface area contributed by atoms with E-state index in [2.05, 4.69) is 0 Å². The normalized spacial score (nSPS) is 15.9. The Bertz CT molecular complexity index is 130. The van der Waals surface area contributed by atoms with Crippen molar-refractivity contribution >= 4 is 5.91 Å². The van der Waals surface area contributed by atoms with E-state index in [4.69, 9.17) is 10.8 Å². The third kappa shape index (κ3) is 4.72. The average Bonchev–Trinajstić information content (AvgIpc) is 1.98. The van der Waals surface area contributed by atoms with Gasteiger partial charge in [-0.3, -0.25) is 4.79 Å². The second kappa shape index (κ2) is 5.07. The highest BCUT2D eigenvalue weighted by Crippen LogP contribution is 2.10. The molecule has 0 aromatic carbocycles. The summed E-state index contributed by atoms with van der Waals surface area (Å²) in [5.41, 5.74) is 4.87. The molecule has 0 bridgehead atoms. The Balaban J connectivity index is 3.51. The Hall–Kier alpha value is -0.640. The van der Waals surface area contributed by atoms with Crippen molar-refractivity contribution in [1.29, 1.82) is 0 Å². The van der Waals surface area contributed by atoms with Crippen molar-refractivity contribution in [1.82, 2.24) is 0 Å². The number of carbonyl (C=O) groups is 1. The predicted octanol–water partition coefficient (Wildman–Crippen LogP) is 0.218. The van der Waals surface area contributed by atoms with Crippen molar-refractivity contribution in [3.05, 3.63) is 0 Å². The molecule has 0 spiro atoms. The smallest absolute Gasteiger partial charge is 0.217 e. The largest absolute Gasteiger partial charge is 0.390 e. The van der Waals surface area contributed by atoms with Crippen molar-refractivity contribution in [2.75, 3.05) is 6.67 Å². The maximum Gasteiger partial charge on any atom is 0.217 e. The van der Waals surface area contributed by atoms with Crippen LogP contribution in [0.25, 0.3) is 0 Å². The van der Waals surface area contributed by atoms with Gasteiger partial charge >= 0.3 is 0 Å². The molecule has 0 aliphatic rings. The second-order valence-corrected chi connectivity index (χ2v) is 2.70. The molecule has 2 atom stereocenters. The summed E-state index contributed by atoms with van der Waals surface area (Å²) < 4.78 is 11.8. The summed E-state index contributed by atoms with van der Waals surface area (Å²) in [6.07, 6.45) is -0.312. The van der Waals surface area contributed by atoms with Gasteiger partial charge in [0.25, 0.3) is 0 Å². The molecular formula is C7H14FNO2. The first-order valence-electron chi connectivity index (χ1n) is 3.60. The lowest BCUT2D eigenvalue weighted by Crippen LogP contribution is -2.21. The summed E-state index contributed by atoms with van der Waals surface area (Å²) >= 11 is 0. The van der Waals surface area contributed by atoms with Crippen LogP contribution in [0.4, 0.5) is 4.39 Å². The number of hydrogen-bond donors (Lipinski definition) is 2. The predicted molar refractivity (Wildman–Crippen MR) is 39.6 cm³/mol.